The zero-order valence-corrected chi connectivity index (χ0v) is 10.4. The first kappa shape index (κ1) is 11.5. The molecule has 0 saturated heterocycles. The monoisotopic (exact) mass is 258 g/mol. The molecule has 1 heterocycles. The van der Waals surface area contributed by atoms with E-state index < -0.39 is 5.92 Å². The minimum Gasteiger partial charge on any atom is -0.326 e. The highest BCUT2D eigenvalue weighted by atomic mass is 32.1. The van der Waals surface area contributed by atoms with Crippen LogP contribution in [0.15, 0.2) is 0 Å². The van der Waals surface area contributed by atoms with E-state index in [2.05, 4.69) is 4.98 Å². The number of aromatic nitrogens is 1. The van der Waals surface area contributed by atoms with E-state index in [9.17, 15) is 8.78 Å². The minimum atomic E-state index is -2.49. The average molecular weight is 258 g/mol. The van der Waals surface area contributed by atoms with Crippen molar-refractivity contribution in [3.8, 4) is 0 Å². The molecule has 5 heteroatoms. The zero-order valence-electron chi connectivity index (χ0n) is 9.59. The van der Waals surface area contributed by atoms with Crippen LogP contribution in [0.5, 0.6) is 0 Å². The van der Waals surface area contributed by atoms with Crippen molar-refractivity contribution in [2.24, 2.45) is 5.73 Å². The SMILES string of the molecule is NCc1sc(C2CCC(F)(F)C2)nc1C1CC1. The summed E-state index contributed by atoms with van der Waals surface area (Å²) in [5.74, 6) is -1.98. The number of halogens is 2. The molecule has 1 atom stereocenters. The van der Waals surface area contributed by atoms with Gasteiger partial charge in [0.15, 0.2) is 0 Å². The molecule has 0 aromatic carbocycles. The normalized spacial score (nSPS) is 27.6. The third-order valence-electron chi connectivity index (χ3n) is 3.65. The van der Waals surface area contributed by atoms with Crippen LogP contribution in [0.1, 0.15) is 59.5 Å². The lowest BCUT2D eigenvalue weighted by molar-refractivity contribution is 0.00776. The van der Waals surface area contributed by atoms with Gasteiger partial charge in [0.2, 0.25) is 5.92 Å². The van der Waals surface area contributed by atoms with Crippen LogP contribution in [0.3, 0.4) is 0 Å². The first-order valence-corrected chi connectivity index (χ1v) is 6.98. The summed E-state index contributed by atoms with van der Waals surface area (Å²) in [6, 6.07) is 0. The first-order valence-electron chi connectivity index (χ1n) is 6.16. The molecule has 2 fully saturated rings. The van der Waals surface area contributed by atoms with Crippen molar-refractivity contribution < 1.29 is 8.78 Å². The van der Waals surface area contributed by atoms with Gasteiger partial charge in [0.25, 0.3) is 0 Å². The third-order valence-corrected chi connectivity index (χ3v) is 4.90. The van der Waals surface area contributed by atoms with E-state index in [1.807, 2.05) is 0 Å². The molecule has 2 N–H and O–H groups in total. The predicted octanol–water partition coefficient (Wildman–Crippen LogP) is 3.38. The summed E-state index contributed by atoms with van der Waals surface area (Å²) in [4.78, 5) is 5.70. The van der Waals surface area contributed by atoms with Crippen molar-refractivity contribution >= 4 is 11.3 Å². The highest BCUT2D eigenvalue weighted by molar-refractivity contribution is 7.11. The summed E-state index contributed by atoms with van der Waals surface area (Å²) < 4.78 is 26.4. The molecule has 1 aromatic heterocycles. The summed E-state index contributed by atoms with van der Waals surface area (Å²) in [7, 11) is 0. The summed E-state index contributed by atoms with van der Waals surface area (Å²) in [6.45, 7) is 0.493. The lowest BCUT2D eigenvalue weighted by atomic mass is 10.1. The molecule has 0 bridgehead atoms. The van der Waals surface area contributed by atoms with Gasteiger partial charge in [-0.2, -0.15) is 0 Å². The standard InChI is InChI=1S/C12H16F2N2S/c13-12(14)4-3-8(5-12)11-16-10(7-1-2-7)9(6-15)17-11/h7-8H,1-6,15H2. The van der Waals surface area contributed by atoms with Crippen LogP contribution >= 0.6 is 11.3 Å². The van der Waals surface area contributed by atoms with Crippen LogP contribution in [-0.4, -0.2) is 10.9 Å². The van der Waals surface area contributed by atoms with Crippen LogP contribution in [0, 0.1) is 0 Å². The Morgan fingerprint density at radius 1 is 1.29 bits per heavy atom. The Kier molecular flexibility index (Phi) is 2.70. The zero-order chi connectivity index (χ0) is 12.0. The number of nitrogens with zero attached hydrogens (tertiary/aromatic N) is 1. The van der Waals surface area contributed by atoms with E-state index in [1.165, 1.54) is 12.8 Å². The van der Waals surface area contributed by atoms with Crippen molar-refractivity contribution in [3.05, 3.63) is 15.6 Å². The average Bonchev–Trinajstić information content (AvgIpc) is 2.93. The van der Waals surface area contributed by atoms with Crippen LogP contribution in [0.25, 0.3) is 0 Å². The van der Waals surface area contributed by atoms with Gasteiger partial charge in [0.05, 0.1) is 10.7 Å². The predicted molar refractivity (Wildman–Crippen MR) is 63.5 cm³/mol. The molecule has 2 aliphatic rings. The highest BCUT2D eigenvalue weighted by Crippen LogP contribution is 2.48. The van der Waals surface area contributed by atoms with Crippen molar-refractivity contribution in [1.82, 2.24) is 4.98 Å². The second kappa shape index (κ2) is 3.99. The fourth-order valence-corrected chi connectivity index (χ4v) is 3.70. The van der Waals surface area contributed by atoms with Gasteiger partial charge in [-0.1, -0.05) is 0 Å². The van der Waals surface area contributed by atoms with E-state index in [0.29, 0.717) is 18.9 Å². The quantitative estimate of drug-likeness (QED) is 0.902. The van der Waals surface area contributed by atoms with Crippen molar-refractivity contribution in [3.63, 3.8) is 0 Å². The van der Waals surface area contributed by atoms with Gasteiger partial charge >= 0.3 is 0 Å². The van der Waals surface area contributed by atoms with Gasteiger partial charge in [-0.25, -0.2) is 13.8 Å². The van der Waals surface area contributed by atoms with Gasteiger partial charge in [0, 0.05) is 36.1 Å². The Balaban J connectivity index is 1.83. The van der Waals surface area contributed by atoms with Crippen LogP contribution in [0.2, 0.25) is 0 Å². The lowest BCUT2D eigenvalue weighted by Crippen LogP contribution is -2.09. The molecule has 2 saturated carbocycles. The molecule has 1 unspecified atom stereocenters. The van der Waals surface area contributed by atoms with Gasteiger partial charge in [-0.05, 0) is 19.3 Å². The fraction of sp³-hybridized carbons (Fsp3) is 0.750. The van der Waals surface area contributed by atoms with E-state index in [1.54, 1.807) is 11.3 Å². The molecule has 0 spiro atoms. The number of hydrogen-bond donors (Lipinski definition) is 1. The highest BCUT2D eigenvalue weighted by Gasteiger charge is 2.42. The lowest BCUT2D eigenvalue weighted by Gasteiger charge is -2.07. The number of nitrogens with two attached hydrogens (primary N) is 1. The largest absolute Gasteiger partial charge is 0.326 e. The second-order valence-corrected chi connectivity index (χ2v) is 6.25. The maximum atomic E-state index is 13.2. The molecular formula is C12H16F2N2S. The fourth-order valence-electron chi connectivity index (χ4n) is 2.54. The Hall–Kier alpha value is -0.550. The van der Waals surface area contributed by atoms with Crippen LogP contribution < -0.4 is 5.73 Å². The molecule has 0 aliphatic heterocycles. The molecule has 0 radical (unpaired) electrons. The molecule has 2 nitrogen and oxygen atoms in total. The number of rotatable bonds is 3. The van der Waals surface area contributed by atoms with E-state index in [-0.39, 0.29) is 18.8 Å². The smallest absolute Gasteiger partial charge is 0.248 e. The van der Waals surface area contributed by atoms with Crippen LogP contribution in [-0.2, 0) is 6.54 Å². The molecule has 1 aromatic rings. The summed E-state index contributed by atoms with van der Waals surface area (Å²) in [5, 5.41) is 0.893. The van der Waals surface area contributed by atoms with Gasteiger partial charge in [0.1, 0.15) is 0 Å². The van der Waals surface area contributed by atoms with Crippen LogP contribution in [0.4, 0.5) is 8.78 Å². The maximum absolute atomic E-state index is 13.2. The first-order chi connectivity index (χ1) is 8.09. The summed E-state index contributed by atoms with van der Waals surface area (Å²) in [5.41, 5.74) is 6.80. The number of hydrogen-bond acceptors (Lipinski definition) is 3. The summed E-state index contributed by atoms with van der Waals surface area (Å²) in [6.07, 6.45) is 2.89. The molecule has 17 heavy (non-hydrogen) atoms. The third kappa shape index (κ3) is 2.22. The van der Waals surface area contributed by atoms with Crippen molar-refractivity contribution in [2.75, 3.05) is 0 Å². The number of alkyl halides is 2. The van der Waals surface area contributed by atoms with Gasteiger partial charge in [-0.15, -0.1) is 11.3 Å². The Morgan fingerprint density at radius 3 is 2.59 bits per heavy atom. The van der Waals surface area contributed by atoms with Crippen molar-refractivity contribution in [1.29, 1.82) is 0 Å². The second-order valence-electron chi connectivity index (χ2n) is 5.13. The van der Waals surface area contributed by atoms with Crippen molar-refractivity contribution in [2.45, 2.75) is 56.4 Å². The molecule has 0 amide bonds. The number of thiazole rings is 1. The minimum absolute atomic E-state index is 0.00790. The Labute approximate surface area is 103 Å². The Morgan fingerprint density at radius 2 is 2.06 bits per heavy atom. The summed E-state index contributed by atoms with van der Waals surface area (Å²) >= 11 is 1.56. The topological polar surface area (TPSA) is 38.9 Å². The maximum Gasteiger partial charge on any atom is 0.248 e. The molecule has 3 rings (SSSR count). The van der Waals surface area contributed by atoms with E-state index in [0.717, 1.165) is 15.6 Å². The molecule has 2 aliphatic carbocycles. The molecule has 94 valence electrons. The molecular weight excluding hydrogens is 242 g/mol. The Bertz CT molecular complexity index is 426. The van der Waals surface area contributed by atoms with E-state index in [4.69, 9.17) is 5.73 Å². The van der Waals surface area contributed by atoms with Gasteiger partial charge < -0.3 is 5.73 Å². The van der Waals surface area contributed by atoms with Gasteiger partial charge in [-0.3, -0.25) is 0 Å². The van der Waals surface area contributed by atoms with E-state index >= 15 is 0 Å².